The van der Waals surface area contributed by atoms with Crippen LogP contribution >= 0.6 is 23.1 Å². The molecule has 0 bridgehead atoms. The number of nitrogens with one attached hydrogen (secondary N) is 1. The molecule has 1 atom stereocenters. The Bertz CT molecular complexity index is 1060. The zero-order chi connectivity index (χ0) is 22.5. The minimum absolute atomic E-state index is 0.125. The SMILES string of the molecule is CC(Sc1nnc(Cc2cccs2)n1C1CCCCC1)C(=O)Nc1ccc(C(N)=O)cc1. The van der Waals surface area contributed by atoms with Crippen molar-refractivity contribution >= 4 is 40.6 Å². The van der Waals surface area contributed by atoms with Gasteiger partial charge in [0.25, 0.3) is 0 Å². The number of nitrogens with two attached hydrogens (primary N) is 1. The van der Waals surface area contributed by atoms with E-state index in [4.69, 9.17) is 5.73 Å². The van der Waals surface area contributed by atoms with Crippen LogP contribution in [0, 0.1) is 0 Å². The van der Waals surface area contributed by atoms with Crippen molar-refractivity contribution in [2.75, 3.05) is 5.32 Å². The first-order valence-corrected chi connectivity index (χ1v) is 12.6. The van der Waals surface area contributed by atoms with Crippen LogP contribution in [0.1, 0.15) is 66.1 Å². The summed E-state index contributed by atoms with van der Waals surface area (Å²) >= 11 is 3.16. The molecule has 1 aliphatic rings. The molecule has 4 rings (SSSR count). The molecule has 168 valence electrons. The van der Waals surface area contributed by atoms with Gasteiger partial charge in [-0.05, 0) is 55.5 Å². The quantitative estimate of drug-likeness (QED) is 0.467. The lowest BCUT2D eigenvalue weighted by Gasteiger charge is -2.26. The number of carbonyl (C=O) groups is 2. The third-order valence-corrected chi connectivity index (χ3v) is 7.61. The maximum Gasteiger partial charge on any atom is 0.248 e. The van der Waals surface area contributed by atoms with Gasteiger partial charge in [0.2, 0.25) is 11.8 Å². The number of benzene rings is 1. The summed E-state index contributed by atoms with van der Waals surface area (Å²) in [4.78, 5) is 25.3. The van der Waals surface area contributed by atoms with Crippen LogP contribution in [0.4, 0.5) is 5.69 Å². The van der Waals surface area contributed by atoms with E-state index in [0.29, 0.717) is 17.3 Å². The Morgan fingerprint density at radius 1 is 1.19 bits per heavy atom. The second-order valence-electron chi connectivity index (χ2n) is 8.01. The molecule has 3 aromatic rings. The zero-order valence-electron chi connectivity index (χ0n) is 18.0. The van der Waals surface area contributed by atoms with Crippen molar-refractivity contribution in [3.8, 4) is 0 Å². The zero-order valence-corrected chi connectivity index (χ0v) is 19.6. The van der Waals surface area contributed by atoms with E-state index in [-0.39, 0.29) is 11.2 Å². The monoisotopic (exact) mass is 469 g/mol. The topological polar surface area (TPSA) is 103 Å². The summed E-state index contributed by atoms with van der Waals surface area (Å²) in [5.74, 6) is 0.350. The highest BCUT2D eigenvalue weighted by atomic mass is 32.2. The summed E-state index contributed by atoms with van der Waals surface area (Å²) in [6, 6.07) is 11.1. The van der Waals surface area contributed by atoms with Crippen molar-refractivity contribution in [1.29, 1.82) is 0 Å². The van der Waals surface area contributed by atoms with Gasteiger partial charge in [-0.25, -0.2) is 0 Å². The molecule has 2 amide bonds. The molecule has 2 aromatic heterocycles. The van der Waals surface area contributed by atoms with E-state index in [1.54, 1.807) is 35.6 Å². The summed E-state index contributed by atoms with van der Waals surface area (Å²) in [6.07, 6.45) is 6.69. The first-order chi connectivity index (χ1) is 15.5. The number of hydrogen-bond acceptors (Lipinski definition) is 6. The van der Waals surface area contributed by atoms with E-state index in [9.17, 15) is 9.59 Å². The Morgan fingerprint density at radius 2 is 1.94 bits per heavy atom. The van der Waals surface area contributed by atoms with Gasteiger partial charge in [-0.1, -0.05) is 37.1 Å². The van der Waals surface area contributed by atoms with Gasteiger partial charge >= 0.3 is 0 Å². The molecule has 2 heterocycles. The summed E-state index contributed by atoms with van der Waals surface area (Å²) in [5, 5.41) is 14.4. The number of nitrogens with zero attached hydrogens (tertiary/aromatic N) is 3. The van der Waals surface area contributed by atoms with E-state index < -0.39 is 5.91 Å². The number of amides is 2. The van der Waals surface area contributed by atoms with Gasteiger partial charge in [0.05, 0.1) is 5.25 Å². The Morgan fingerprint density at radius 3 is 2.59 bits per heavy atom. The second-order valence-corrected chi connectivity index (χ2v) is 10.3. The summed E-state index contributed by atoms with van der Waals surface area (Å²) in [5.41, 5.74) is 6.31. The second kappa shape index (κ2) is 10.3. The van der Waals surface area contributed by atoms with E-state index in [2.05, 4.69) is 37.6 Å². The molecule has 0 spiro atoms. The summed E-state index contributed by atoms with van der Waals surface area (Å²) in [6.45, 7) is 1.87. The lowest BCUT2D eigenvalue weighted by molar-refractivity contribution is -0.115. The summed E-state index contributed by atoms with van der Waals surface area (Å²) in [7, 11) is 0. The Labute approximate surface area is 195 Å². The van der Waals surface area contributed by atoms with E-state index in [0.717, 1.165) is 30.2 Å². The number of aromatic nitrogens is 3. The molecule has 1 unspecified atom stereocenters. The fraction of sp³-hybridized carbons (Fsp3) is 0.391. The molecule has 7 nitrogen and oxygen atoms in total. The Kier molecular flexibility index (Phi) is 7.26. The molecule has 3 N–H and O–H groups in total. The number of anilines is 1. The van der Waals surface area contributed by atoms with Gasteiger partial charge in [-0.2, -0.15) is 0 Å². The number of hydrogen-bond donors (Lipinski definition) is 2. The molecule has 1 aliphatic carbocycles. The maximum absolute atomic E-state index is 12.8. The van der Waals surface area contributed by atoms with E-state index in [1.165, 1.54) is 35.9 Å². The average molecular weight is 470 g/mol. The largest absolute Gasteiger partial charge is 0.366 e. The van der Waals surface area contributed by atoms with Gasteiger partial charge in [-0.3, -0.25) is 9.59 Å². The van der Waals surface area contributed by atoms with Crippen molar-refractivity contribution < 1.29 is 9.59 Å². The predicted molar refractivity (Wildman–Crippen MR) is 128 cm³/mol. The molecule has 1 saturated carbocycles. The minimum Gasteiger partial charge on any atom is -0.366 e. The lowest BCUT2D eigenvalue weighted by Crippen LogP contribution is -2.24. The van der Waals surface area contributed by atoms with Gasteiger partial charge in [0.1, 0.15) is 5.82 Å². The normalized spacial score (nSPS) is 15.4. The highest BCUT2D eigenvalue weighted by molar-refractivity contribution is 8.00. The van der Waals surface area contributed by atoms with Crippen molar-refractivity contribution in [2.45, 2.75) is 61.9 Å². The van der Waals surface area contributed by atoms with Gasteiger partial charge in [-0.15, -0.1) is 21.5 Å². The number of thioether (sulfide) groups is 1. The van der Waals surface area contributed by atoms with Crippen molar-refractivity contribution in [3.05, 3.63) is 58.0 Å². The van der Waals surface area contributed by atoms with Crippen molar-refractivity contribution in [1.82, 2.24) is 14.8 Å². The molecule has 32 heavy (non-hydrogen) atoms. The summed E-state index contributed by atoms with van der Waals surface area (Å²) < 4.78 is 2.27. The number of carbonyl (C=O) groups excluding carboxylic acids is 2. The third-order valence-electron chi connectivity index (χ3n) is 5.68. The van der Waals surface area contributed by atoms with Crippen LogP contribution < -0.4 is 11.1 Å². The van der Waals surface area contributed by atoms with Crippen LogP contribution in [0.15, 0.2) is 46.9 Å². The first-order valence-electron chi connectivity index (χ1n) is 10.8. The molecule has 1 aromatic carbocycles. The molecular formula is C23H27N5O2S2. The standard InChI is InChI=1S/C23H27N5O2S2/c1-15(22(30)25-17-11-9-16(10-12-17)21(24)29)32-23-27-26-20(14-19-8-5-13-31-19)28(23)18-6-3-2-4-7-18/h5,8-13,15,18H,2-4,6-7,14H2,1H3,(H2,24,29)(H,25,30). The molecule has 0 aliphatic heterocycles. The molecule has 1 fully saturated rings. The number of primary amides is 1. The number of rotatable bonds is 8. The molecular weight excluding hydrogens is 442 g/mol. The predicted octanol–water partition coefficient (Wildman–Crippen LogP) is 4.65. The Hall–Kier alpha value is -2.65. The van der Waals surface area contributed by atoms with Gasteiger partial charge < -0.3 is 15.6 Å². The molecule has 9 heteroatoms. The van der Waals surface area contributed by atoms with Crippen LogP contribution in [0.2, 0.25) is 0 Å². The van der Waals surface area contributed by atoms with Crippen LogP contribution in [0.5, 0.6) is 0 Å². The molecule has 0 saturated heterocycles. The first kappa shape index (κ1) is 22.5. The van der Waals surface area contributed by atoms with Crippen LogP contribution in [-0.2, 0) is 11.2 Å². The minimum atomic E-state index is -0.493. The van der Waals surface area contributed by atoms with E-state index >= 15 is 0 Å². The smallest absolute Gasteiger partial charge is 0.248 e. The molecule has 0 radical (unpaired) electrons. The highest BCUT2D eigenvalue weighted by Gasteiger charge is 2.26. The highest BCUT2D eigenvalue weighted by Crippen LogP contribution is 2.34. The lowest BCUT2D eigenvalue weighted by atomic mass is 9.95. The average Bonchev–Trinajstić information content (AvgIpc) is 3.45. The Balaban J connectivity index is 1.48. The fourth-order valence-electron chi connectivity index (χ4n) is 3.96. The third kappa shape index (κ3) is 5.39. The van der Waals surface area contributed by atoms with Crippen LogP contribution in [0.3, 0.4) is 0 Å². The van der Waals surface area contributed by atoms with Crippen molar-refractivity contribution in [2.24, 2.45) is 5.73 Å². The number of thiophene rings is 1. The maximum atomic E-state index is 12.8. The van der Waals surface area contributed by atoms with Crippen LogP contribution in [-0.4, -0.2) is 31.8 Å². The van der Waals surface area contributed by atoms with Crippen molar-refractivity contribution in [3.63, 3.8) is 0 Å². The fourth-order valence-corrected chi connectivity index (χ4v) is 5.60. The van der Waals surface area contributed by atoms with E-state index in [1.807, 2.05) is 6.92 Å². The van der Waals surface area contributed by atoms with Crippen LogP contribution in [0.25, 0.3) is 0 Å². The van der Waals surface area contributed by atoms with Gasteiger partial charge in [0, 0.05) is 28.6 Å². The van der Waals surface area contributed by atoms with Gasteiger partial charge in [0.15, 0.2) is 5.16 Å².